The molecule has 0 amide bonds. The number of methoxy groups -OCH3 is 1. The average Bonchev–Trinajstić information content (AvgIpc) is 2.44. The maximum absolute atomic E-state index is 9.58. The molecule has 1 rings (SSSR count). The molecule has 0 saturated heterocycles. The van der Waals surface area contributed by atoms with E-state index in [0.29, 0.717) is 28.9 Å². The van der Waals surface area contributed by atoms with E-state index in [0.717, 1.165) is 18.7 Å². The van der Waals surface area contributed by atoms with Crippen LogP contribution in [0.3, 0.4) is 0 Å². The first kappa shape index (κ1) is 18.1. The van der Waals surface area contributed by atoms with Gasteiger partial charge in [-0.2, -0.15) is 0 Å². The minimum atomic E-state index is -0.502. The monoisotopic (exact) mass is 315 g/mol. The smallest absolute Gasteiger partial charge is 0.179 e. The van der Waals surface area contributed by atoms with E-state index in [-0.39, 0.29) is 6.61 Å². The lowest BCUT2D eigenvalue weighted by atomic mass is 10.1. The van der Waals surface area contributed by atoms with Gasteiger partial charge in [0.2, 0.25) is 0 Å². The van der Waals surface area contributed by atoms with Crippen molar-refractivity contribution in [3.63, 3.8) is 0 Å². The standard InChI is InChI=1S/C16H26ClNO3/c1-5-13(19)10-21-16-14(17)6-12(7-15(16)20-4)9-18-8-11(2)3/h6-7,11,13,18-19H,5,8-10H2,1-4H3. The predicted octanol–water partition coefficient (Wildman–Crippen LogP) is 3.24. The molecule has 0 heterocycles. The van der Waals surface area contributed by atoms with Crippen LogP contribution in [0, 0.1) is 5.92 Å². The zero-order chi connectivity index (χ0) is 15.8. The lowest BCUT2D eigenvalue weighted by Gasteiger charge is -2.16. The molecule has 120 valence electrons. The molecule has 1 unspecified atom stereocenters. The fraction of sp³-hybridized carbons (Fsp3) is 0.625. The number of nitrogens with one attached hydrogen (secondary N) is 1. The minimum absolute atomic E-state index is 0.206. The van der Waals surface area contributed by atoms with Crippen LogP contribution in [-0.2, 0) is 6.54 Å². The second-order valence-electron chi connectivity index (χ2n) is 5.51. The normalized spacial score (nSPS) is 12.5. The van der Waals surface area contributed by atoms with Gasteiger partial charge in [0.1, 0.15) is 6.61 Å². The van der Waals surface area contributed by atoms with Crippen molar-refractivity contribution >= 4 is 11.6 Å². The molecular formula is C16H26ClNO3. The number of ether oxygens (including phenoxy) is 2. The second kappa shape index (κ2) is 9.13. The van der Waals surface area contributed by atoms with Crippen LogP contribution < -0.4 is 14.8 Å². The summed E-state index contributed by atoms with van der Waals surface area (Å²) >= 11 is 6.27. The maximum Gasteiger partial charge on any atom is 0.179 e. The molecule has 4 nitrogen and oxygen atoms in total. The SMILES string of the molecule is CCC(O)COc1c(Cl)cc(CNCC(C)C)cc1OC. The van der Waals surface area contributed by atoms with Gasteiger partial charge in [0, 0.05) is 6.54 Å². The van der Waals surface area contributed by atoms with E-state index in [4.69, 9.17) is 21.1 Å². The van der Waals surface area contributed by atoms with Crippen LogP contribution in [0.5, 0.6) is 11.5 Å². The molecule has 0 aliphatic heterocycles. The Morgan fingerprint density at radius 2 is 2.05 bits per heavy atom. The summed E-state index contributed by atoms with van der Waals surface area (Å²) in [5, 5.41) is 13.4. The van der Waals surface area contributed by atoms with Crippen molar-refractivity contribution in [3.8, 4) is 11.5 Å². The maximum atomic E-state index is 9.58. The number of hydrogen-bond acceptors (Lipinski definition) is 4. The summed E-state index contributed by atoms with van der Waals surface area (Å²) in [6, 6.07) is 3.78. The molecule has 1 aromatic carbocycles. The molecule has 0 aromatic heterocycles. The zero-order valence-electron chi connectivity index (χ0n) is 13.3. The molecule has 21 heavy (non-hydrogen) atoms. The van der Waals surface area contributed by atoms with E-state index in [9.17, 15) is 5.11 Å². The number of benzene rings is 1. The molecular weight excluding hydrogens is 290 g/mol. The highest BCUT2D eigenvalue weighted by Crippen LogP contribution is 2.36. The summed E-state index contributed by atoms with van der Waals surface area (Å²) in [6.07, 6.45) is 0.134. The molecule has 0 aliphatic rings. The summed E-state index contributed by atoms with van der Waals surface area (Å²) in [5.41, 5.74) is 1.04. The Kier molecular flexibility index (Phi) is 7.86. The van der Waals surface area contributed by atoms with Crippen molar-refractivity contribution in [3.05, 3.63) is 22.7 Å². The van der Waals surface area contributed by atoms with Gasteiger partial charge in [-0.1, -0.05) is 32.4 Å². The van der Waals surface area contributed by atoms with Crippen LogP contribution >= 0.6 is 11.6 Å². The van der Waals surface area contributed by atoms with Crippen LogP contribution in [-0.4, -0.2) is 31.5 Å². The van der Waals surface area contributed by atoms with Gasteiger partial charge >= 0.3 is 0 Å². The van der Waals surface area contributed by atoms with Gasteiger partial charge in [-0.05, 0) is 36.6 Å². The molecule has 1 aromatic rings. The van der Waals surface area contributed by atoms with E-state index < -0.39 is 6.10 Å². The zero-order valence-corrected chi connectivity index (χ0v) is 14.0. The lowest BCUT2D eigenvalue weighted by Crippen LogP contribution is -2.19. The first-order valence-corrected chi connectivity index (χ1v) is 7.73. The Hall–Kier alpha value is -0.970. The highest BCUT2D eigenvalue weighted by atomic mass is 35.5. The third kappa shape index (κ3) is 6.12. The Balaban J connectivity index is 2.76. The molecule has 0 aliphatic carbocycles. The summed E-state index contributed by atoms with van der Waals surface area (Å²) < 4.78 is 10.9. The van der Waals surface area contributed by atoms with Crippen molar-refractivity contribution in [1.82, 2.24) is 5.32 Å². The van der Waals surface area contributed by atoms with E-state index in [2.05, 4.69) is 19.2 Å². The van der Waals surface area contributed by atoms with Crippen molar-refractivity contribution in [2.45, 2.75) is 39.8 Å². The highest BCUT2D eigenvalue weighted by Gasteiger charge is 2.13. The highest BCUT2D eigenvalue weighted by molar-refractivity contribution is 6.32. The van der Waals surface area contributed by atoms with Gasteiger partial charge < -0.3 is 19.9 Å². The van der Waals surface area contributed by atoms with Gasteiger partial charge in [0.05, 0.1) is 18.2 Å². The first-order chi connectivity index (χ1) is 9.97. The largest absolute Gasteiger partial charge is 0.493 e. The van der Waals surface area contributed by atoms with Gasteiger partial charge in [0.25, 0.3) is 0 Å². The number of rotatable bonds is 9. The van der Waals surface area contributed by atoms with Gasteiger partial charge in [-0.25, -0.2) is 0 Å². The molecule has 0 spiro atoms. The lowest BCUT2D eigenvalue weighted by molar-refractivity contribution is 0.103. The van der Waals surface area contributed by atoms with Crippen LogP contribution in [0.4, 0.5) is 0 Å². The van der Waals surface area contributed by atoms with Crippen LogP contribution in [0.25, 0.3) is 0 Å². The first-order valence-electron chi connectivity index (χ1n) is 7.35. The summed E-state index contributed by atoms with van der Waals surface area (Å²) in [4.78, 5) is 0. The molecule has 0 bridgehead atoms. The Bertz CT molecular complexity index is 438. The van der Waals surface area contributed by atoms with Crippen LogP contribution in [0.15, 0.2) is 12.1 Å². The fourth-order valence-corrected chi connectivity index (χ4v) is 2.11. The fourth-order valence-electron chi connectivity index (χ4n) is 1.82. The van der Waals surface area contributed by atoms with Gasteiger partial charge in [-0.15, -0.1) is 0 Å². The average molecular weight is 316 g/mol. The van der Waals surface area contributed by atoms with Crippen LogP contribution in [0.1, 0.15) is 32.8 Å². The predicted molar refractivity (Wildman–Crippen MR) is 86.3 cm³/mol. The topological polar surface area (TPSA) is 50.7 Å². The molecule has 2 N–H and O–H groups in total. The Labute approximate surface area is 132 Å². The Morgan fingerprint density at radius 1 is 1.33 bits per heavy atom. The van der Waals surface area contributed by atoms with E-state index in [1.54, 1.807) is 7.11 Å². The summed E-state index contributed by atoms with van der Waals surface area (Å²) in [7, 11) is 1.58. The minimum Gasteiger partial charge on any atom is -0.493 e. The van der Waals surface area contributed by atoms with E-state index in [1.807, 2.05) is 19.1 Å². The van der Waals surface area contributed by atoms with E-state index >= 15 is 0 Å². The van der Waals surface area contributed by atoms with Crippen molar-refractivity contribution < 1.29 is 14.6 Å². The Morgan fingerprint density at radius 3 is 2.62 bits per heavy atom. The molecule has 5 heteroatoms. The third-order valence-corrected chi connectivity index (χ3v) is 3.34. The number of halogens is 1. The van der Waals surface area contributed by atoms with Gasteiger partial charge in [-0.3, -0.25) is 0 Å². The molecule has 0 radical (unpaired) electrons. The van der Waals surface area contributed by atoms with E-state index in [1.165, 1.54) is 0 Å². The number of aliphatic hydroxyl groups is 1. The third-order valence-electron chi connectivity index (χ3n) is 3.06. The quantitative estimate of drug-likeness (QED) is 0.734. The molecule has 0 saturated carbocycles. The van der Waals surface area contributed by atoms with Crippen molar-refractivity contribution in [2.75, 3.05) is 20.3 Å². The second-order valence-corrected chi connectivity index (χ2v) is 5.91. The molecule has 0 fully saturated rings. The molecule has 1 atom stereocenters. The van der Waals surface area contributed by atoms with Gasteiger partial charge in [0.15, 0.2) is 11.5 Å². The van der Waals surface area contributed by atoms with Crippen molar-refractivity contribution in [1.29, 1.82) is 0 Å². The number of aliphatic hydroxyl groups excluding tert-OH is 1. The summed E-state index contributed by atoms with van der Waals surface area (Å²) in [6.45, 7) is 8.11. The summed E-state index contributed by atoms with van der Waals surface area (Å²) in [5.74, 6) is 1.67. The number of hydrogen-bond donors (Lipinski definition) is 2. The van der Waals surface area contributed by atoms with Crippen LogP contribution in [0.2, 0.25) is 5.02 Å². The van der Waals surface area contributed by atoms with Crippen molar-refractivity contribution in [2.24, 2.45) is 5.92 Å².